The largest absolute Gasteiger partial charge is 0.622 e. The van der Waals surface area contributed by atoms with Crippen LogP contribution in [0.25, 0.3) is 0 Å². The maximum absolute atomic E-state index is 12.9. The molecule has 2 aromatic carbocycles. The Bertz CT molecular complexity index is 729. The third kappa shape index (κ3) is 3.26. The van der Waals surface area contributed by atoms with Crippen LogP contribution in [0.1, 0.15) is 19.4 Å². The Morgan fingerprint density at radius 2 is 1.65 bits per heavy atom. The van der Waals surface area contributed by atoms with Crippen molar-refractivity contribution in [3.8, 4) is 0 Å². The fourth-order valence-corrected chi connectivity index (χ4v) is 4.67. The zero-order chi connectivity index (χ0) is 16.4. The van der Waals surface area contributed by atoms with Gasteiger partial charge in [-0.3, -0.25) is 4.90 Å². The average Bonchev–Trinajstić information content (AvgIpc) is 2.78. The maximum atomic E-state index is 12.9. The van der Waals surface area contributed by atoms with Crippen molar-refractivity contribution in [1.29, 1.82) is 0 Å². The second-order valence-electron chi connectivity index (χ2n) is 5.95. The van der Waals surface area contributed by atoms with E-state index in [1.54, 1.807) is 18.0 Å². The number of thioether (sulfide) groups is 1. The van der Waals surface area contributed by atoms with Crippen LogP contribution in [0.4, 0.5) is 5.69 Å². The molecule has 5 heteroatoms. The molecular formula is C18H18N2OS2. The van der Waals surface area contributed by atoms with Crippen molar-refractivity contribution in [2.24, 2.45) is 0 Å². The highest BCUT2D eigenvalue weighted by molar-refractivity contribution is 8.24. The van der Waals surface area contributed by atoms with Crippen LogP contribution in [0.5, 0.6) is 0 Å². The molecule has 0 spiro atoms. The number of hydrogen-bond donors (Lipinski definition) is 0. The standard InChI is InChI=1S/C18H18N2OS2/c1-18(2)16(19(21)13-14-9-5-3-6-10-14)20(17(22)23-18)15-11-7-4-8-12-15/h3-13,16H,1-2H3/b19-13-. The van der Waals surface area contributed by atoms with Crippen molar-refractivity contribution in [3.63, 3.8) is 0 Å². The van der Waals surface area contributed by atoms with E-state index in [9.17, 15) is 5.21 Å². The number of benzene rings is 2. The second kappa shape index (κ2) is 6.34. The molecule has 0 bridgehead atoms. The summed E-state index contributed by atoms with van der Waals surface area (Å²) in [5.74, 6) is 0. The number of para-hydroxylation sites is 1. The summed E-state index contributed by atoms with van der Waals surface area (Å²) >= 11 is 7.11. The average molecular weight is 342 g/mol. The fraction of sp³-hybridized carbons (Fsp3) is 0.222. The van der Waals surface area contributed by atoms with E-state index in [0.29, 0.717) is 0 Å². The quantitative estimate of drug-likeness (QED) is 0.274. The van der Waals surface area contributed by atoms with Gasteiger partial charge in [0.15, 0.2) is 6.21 Å². The summed E-state index contributed by atoms with van der Waals surface area (Å²) in [6, 6.07) is 19.5. The highest BCUT2D eigenvalue weighted by Crippen LogP contribution is 2.43. The van der Waals surface area contributed by atoms with Crippen molar-refractivity contribution < 1.29 is 4.74 Å². The molecule has 1 saturated heterocycles. The normalized spacial score (nSPS) is 20.8. The molecule has 0 radical (unpaired) electrons. The minimum Gasteiger partial charge on any atom is -0.622 e. The number of thiocarbonyl (C=S) groups is 1. The van der Waals surface area contributed by atoms with Crippen LogP contribution in [-0.2, 0) is 0 Å². The van der Waals surface area contributed by atoms with Crippen LogP contribution in [-0.4, -0.2) is 26.2 Å². The zero-order valence-corrected chi connectivity index (χ0v) is 14.7. The molecule has 1 aliphatic rings. The van der Waals surface area contributed by atoms with Gasteiger partial charge < -0.3 is 5.21 Å². The van der Waals surface area contributed by atoms with E-state index in [1.165, 1.54) is 0 Å². The Balaban J connectivity index is 2.02. The summed E-state index contributed by atoms with van der Waals surface area (Å²) in [7, 11) is 0. The van der Waals surface area contributed by atoms with Gasteiger partial charge in [0.25, 0.3) is 6.17 Å². The summed E-state index contributed by atoms with van der Waals surface area (Å²) in [6.45, 7) is 4.11. The van der Waals surface area contributed by atoms with Gasteiger partial charge in [-0.05, 0) is 38.1 Å². The Morgan fingerprint density at radius 3 is 2.26 bits per heavy atom. The Morgan fingerprint density at radius 1 is 1.09 bits per heavy atom. The summed E-state index contributed by atoms with van der Waals surface area (Å²) in [5.41, 5.74) is 1.83. The molecule has 1 aliphatic heterocycles. The molecule has 0 aliphatic carbocycles. The van der Waals surface area contributed by atoms with Crippen LogP contribution in [0.3, 0.4) is 0 Å². The molecule has 23 heavy (non-hydrogen) atoms. The first-order valence-electron chi connectivity index (χ1n) is 7.42. The van der Waals surface area contributed by atoms with Crippen molar-refractivity contribution in [3.05, 3.63) is 71.4 Å². The van der Waals surface area contributed by atoms with Gasteiger partial charge >= 0.3 is 0 Å². The van der Waals surface area contributed by atoms with Crippen LogP contribution < -0.4 is 4.90 Å². The topological polar surface area (TPSA) is 29.3 Å². The molecule has 0 N–H and O–H groups in total. The number of anilines is 1. The van der Waals surface area contributed by atoms with E-state index in [1.807, 2.05) is 65.6 Å². The smallest absolute Gasteiger partial charge is 0.258 e. The number of hydroxylamine groups is 1. The van der Waals surface area contributed by atoms with E-state index in [-0.39, 0.29) is 10.9 Å². The molecule has 1 unspecified atom stereocenters. The van der Waals surface area contributed by atoms with Gasteiger partial charge in [0.2, 0.25) is 0 Å². The number of rotatable bonds is 3. The lowest BCUT2D eigenvalue weighted by molar-refractivity contribution is -0.497. The van der Waals surface area contributed by atoms with E-state index in [4.69, 9.17) is 12.2 Å². The Hall–Kier alpha value is -1.85. The fourth-order valence-electron chi connectivity index (χ4n) is 2.75. The van der Waals surface area contributed by atoms with E-state index < -0.39 is 0 Å². The van der Waals surface area contributed by atoms with Gasteiger partial charge in [0.05, 0.1) is 0 Å². The molecule has 3 rings (SSSR count). The van der Waals surface area contributed by atoms with Gasteiger partial charge in [-0.1, -0.05) is 60.4 Å². The third-order valence-electron chi connectivity index (χ3n) is 3.76. The predicted molar refractivity (Wildman–Crippen MR) is 102 cm³/mol. The minimum absolute atomic E-state index is 0.306. The molecular weight excluding hydrogens is 324 g/mol. The molecule has 3 nitrogen and oxygen atoms in total. The van der Waals surface area contributed by atoms with Crippen molar-refractivity contribution >= 4 is 40.2 Å². The monoisotopic (exact) mass is 342 g/mol. The molecule has 0 saturated carbocycles. The molecule has 0 aromatic heterocycles. The summed E-state index contributed by atoms with van der Waals surface area (Å²) in [4.78, 5) is 1.95. The minimum atomic E-state index is -0.386. The first-order valence-corrected chi connectivity index (χ1v) is 8.64. The van der Waals surface area contributed by atoms with Gasteiger partial charge in [-0.25, -0.2) is 0 Å². The highest BCUT2D eigenvalue weighted by Gasteiger charge is 2.51. The second-order valence-corrected chi connectivity index (χ2v) is 8.24. The summed E-state index contributed by atoms with van der Waals surface area (Å²) in [6.07, 6.45) is 1.25. The van der Waals surface area contributed by atoms with Gasteiger partial charge in [-0.15, -0.1) is 0 Å². The third-order valence-corrected chi connectivity index (χ3v) is 5.32. The zero-order valence-electron chi connectivity index (χ0n) is 13.0. The molecule has 1 atom stereocenters. The number of hydrogen-bond acceptors (Lipinski definition) is 3. The van der Waals surface area contributed by atoms with E-state index in [0.717, 1.165) is 20.3 Å². The summed E-state index contributed by atoms with van der Waals surface area (Å²) < 4.78 is 1.45. The lowest BCUT2D eigenvalue weighted by atomic mass is 10.1. The van der Waals surface area contributed by atoms with Crippen LogP contribution in [0.2, 0.25) is 0 Å². The van der Waals surface area contributed by atoms with Gasteiger partial charge in [-0.2, -0.15) is 4.74 Å². The molecule has 1 fully saturated rings. The Labute approximate surface area is 146 Å². The first kappa shape index (κ1) is 16.0. The molecule has 2 aromatic rings. The SMILES string of the molecule is CC1(C)SC(=S)N(c2ccccc2)C1/[N+]([O-])=C/c1ccccc1. The van der Waals surface area contributed by atoms with Gasteiger partial charge in [0.1, 0.15) is 9.07 Å². The molecule has 1 heterocycles. The van der Waals surface area contributed by atoms with Gasteiger partial charge in [0, 0.05) is 11.3 Å². The summed E-state index contributed by atoms with van der Waals surface area (Å²) in [5, 5.41) is 12.9. The predicted octanol–water partition coefficient (Wildman–Crippen LogP) is 4.26. The molecule has 0 amide bonds. The molecule has 118 valence electrons. The van der Waals surface area contributed by atoms with Crippen LogP contribution >= 0.6 is 24.0 Å². The van der Waals surface area contributed by atoms with E-state index >= 15 is 0 Å². The van der Waals surface area contributed by atoms with Crippen molar-refractivity contribution in [1.82, 2.24) is 0 Å². The van der Waals surface area contributed by atoms with Crippen molar-refractivity contribution in [2.45, 2.75) is 24.8 Å². The lowest BCUT2D eigenvalue weighted by Crippen LogP contribution is -2.48. The highest BCUT2D eigenvalue weighted by atomic mass is 32.2. The Kier molecular flexibility index (Phi) is 4.41. The maximum Gasteiger partial charge on any atom is 0.258 e. The first-order chi connectivity index (χ1) is 11.0. The van der Waals surface area contributed by atoms with Crippen molar-refractivity contribution in [2.75, 3.05) is 4.90 Å². The van der Waals surface area contributed by atoms with Crippen LogP contribution in [0.15, 0.2) is 60.7 Å². The lowest BCUT2D eigenvalue weighted by Gasteiger charge is -2.29. The van der Waals surface area contributed by atoms with Crippen LogP contribution in [0, 0.1) is 5.21 Å². The number of nitrogens with zero attached hydrogens (tertiary/aromatic N) is 2. The van der Waals surface area contributed by atoms with E-state index in [2.05, 4.69) is 13.8 Å².